The number of methoxy groups -OCH3 is 1. The van der Waals surface area contributed by atoms with Crippen LogP contribution in [0.5, 0.6) is 5.75 Å². The number of hydrogen-bond donors (Lipinski definition) is 0. The van der Waals surface area contributed by atoms with Crippen molar-refractivity contribution < 1.29 is 15.6 Å². The van der Waals surface area contributed by atoms with E-state index in [1.165, 1.54) is 0 Å². The van der Waals surface area contributed by atoms with Crippen LogP contribution in [-0.2, 0) is 9.47 Å². The smallest absolute Gasteiger partial charge is 0.188 e. The second-order valence-electron chi connectivity index (χ2n) is 2.79. The fraction of sp³-hybridized carbons (Fsp3) is 0.400. The number of hydrogen-bond acceptors (Lipinski definition) is 3. The van der Waals surface area contributed by atoms with E-state index >= 15 is 0 Å². The lowest BCUT2D eigenvalue weighted by Crippen LogP contribution is -1.98. The third-order valence-corrected chi connectivity index (χ3v) is 1.79. The van der Waals surface area contributed by atoms with Crippen LogP contribution in [0.1, 0.15) is 13.0 Å². The van der Waals surface area contributed by atoms with Crippen LogP contribution < -0.4 is 4.74 Å². The highest BCUT2D eigenvalue weighted by Gasteiger charge is 2.24. The van der Waals surface area contributed by atoms with Gasteiger partial charge in [-0.25, -0.2) is 0 Å². The van der Waals surface area contributed by atoms with Crippen LogP contribution in [0.15, 0.2) is 24.3 Å². The second kappa shape index (κ2) is 3.77. The van der Waals surface area contributed by atoms with Crippen molar-refractivity contribution in [2.24, 2.45) is 0 Å². The summed E-state index contributed by atoms with van der Waals surface area (Å²) in [5.41, 5.74) is 0.825. The van der Waals surface area contributed by atoms with Gasteiger partial charge in [0, 0.05) is 7.11 Å². The van der Waals surface area contributed by atoms with Crippen molar-refractivity contribution in [3.63, 3.8) is 0 Å². The second-order valence-corrected chi connectivity index (χ2v) is 2.79. The van der Waals surface area contributed by atoms with E-state index in [-0.39, 0.29) is 6.79 Å². The first-order valence-electron chi connectivity index (χ1n) is 4.61. The molecule has 1 aromatic carbocycles. The van der Waals surface area contributed by atoms with Crippen molar-refractivity contribution in [2.45, 2.75) is 6.08 Å². The molecule has 1 heterocycles. The van der Waals surface area contributed by atoms with Crippen molar-refractivity contribution in [3.05, 3.63) is 29.8 Å². The molecular weight excluding hydrogens is 168 g/mol. The summed E-state index contributed by atoms with van der Waals surface area (Å²) >= 11 is 0. The molecule has 13 heavy (non-hydrogen) atoms. The summed E-state index contributed by atoms with van der Waals surface area (Å²) in [6.07, 6.45) is -0.841. The van der Waals surface area contributed by atoms with Gasteiger partial charge in [-0.05, 0) is 17.7 Å². The molecule has 1 saturated heterocycles. The molecule has 1 unspecified atom stereocenters. The van der Waals surface area contributed by atoms with Gasteiger partial charge in [0.2, 0.25) is 0 Å². The minimum absolute atomic E-state index is 0.218. The Morgan fingerprint density at radius 3 is 3.23 bits per heavy atom. The number of epoxide rings is 1. The molecule has 0 saturated carbocycles. The normalized spacial score (nSPS) is 26.7. The molecule has 70 valence electrons. The molecule has 0 amide bonds. The monoisotopic (exact) mass is 181 g/mol. The molecule has 3 heteroatoms. The minimum Gasteiger partial charge on any atom is -0.468 e. The van der Waals surface area contributed by atoms with Gasteiger partial charge in [-0.1, -0.05) is 12.1 Å². The zero-order valence-corrected chi connectivity index (χ0v) is 7.45. The maximum absolute atomic E-state index is 7.75. The Bertz CT molecular complexity index is 323. The molecule has 2 rings (SSSR count). The SMILES string of the molecule is [2H]C1(c2cccc(OCOC)c2)CO1. The van der Waals surface area contributed by atoms with Gasteiger partial charge in [-0.2, -0.15) is 0 Å². The van der Waals surface area contributed by atoms with Crippen LogP contribution in [0.2, 0.25) is 0 Å². The highest BCUT2D eigenvalue weighted by Crippen LogP contribution is 2.31. The van der Waals surface area contributed by atoms with Crippen LogP contribution in [0.3, 0.4) is 0 Å². The quantitative estimate of drug-likeness (QED) is 0.523. The number of ether oxygens (including phenoxy) is 3. The molecule has 0 spiro atoms. The van der Waals surface area contributed by atoms with Crippen molar-refractivity contribution in [1.29, 1.82) is 0 Å². The molecule has 1 fully saturated rings. The van der Waals surface area contributed by atoms with E-state index in [0.29, 0.717) is 12.4 Å². The summed E-state index contributed by atoms with van der Waals surface area (Å²) in [6, 6.07) is 7.34. The lowest BCUT2D eigenvalue weighted by atomic mass is 10.1. The van der Waals surface area contributed by atoms with Gasteiger partial charge >= 0.3 is 0 Å². The van der Waals surface area contributed by atoms with Gasteiger partial charge in [-0.15, -0.1) is 0 Å². The fourth-order valence-electron chi connectivity index (χ4n) is 1.09. The molecule has 0 aliphatic carbocycles. The van der Waals surface area contributed by atoms with Crippen molar-refractivity contribution in [2.75, 3.05) is 20.5 Å². The Balaban J connectivity index is 2.11. The van der Waals surface area contributed by atoms with Gasteiger partial charge < -0.3 is 14.2 Å². The summed E-state index contributed by atoms with van der Waals surface area (Å²) < 4.78 is 22.8. The van der Waals surface area contributed by atoms with Gasteiger partial charge in [0.15, 0.2) is 6.79 Å². The molecule has 1 aliphatic heterocycles. The Morgan fingerprint density at radius 2 is 2.54 bits per heavy atom. The average Bonchev–Trinajstić information content (AvgIpc) is 2.95. The van der Waals surface area contributed by atoms with E-state index in [9.17, 15) is 0 Å². The van der Waals surface area contributed by atoms with E-state index in [1.54, 1.807) is 13.2 Å². The number of benzene rings is 1. The largest absolute Gasteiger partial charge is 0.468 e. The first-order valence-corrected chi connectivity index (χ1v) is 4.11. The van der Waals surface area contributed by atoms with Gasteiger partial charge in [0.1, 0.15) is 11.8 Å². The predicted molar refractivity (Wildman–Crippen MR) is 47.6 cm³/mol. The van der Waals surface area contributed by atoms with E-state index in [1.807, 2.05) is 18.2 Å². The lowest BCUT2D eigenvalue weighted by molar-refractivity contribution is 0.0510. The van der Waals surface area contributed by atoms with Crippen LogP contribution >= 0.6 is 0 Å². The highest BCUT2D eigenvalue weighted by atomic mass is 16.7. The van der Waals surface area contributed by atoms with E-state index < -0.39 is 6.08 Å². The van der Waals surface area contributed by atoms with Gasteiger partial charge in [0.05, 0.1) is 7.98 Å². The summed E-state index contributed by atoms with van der Waals surface area (Å²) in [7, 11) is 1.57. The molecule has 0 aromatic heterocycles. The maximum Gasteiger partial charge on any atom is 0.188 e. The minimum atomic E-state index is -0.841. The summed E-state index contributed by atoms with van der Waals surface area (Å²) in [6.45, 7) is 0.677. The molecule has 1 aromatic rings. The topological polar surface area (TPSA) is 31.0 Å². The Hall–Kier alpha value is -1.06. The highest BCUT2D eigenvalue weighted by molar-refractivity contribution is 5.31. The van der Waals surface area contributed by atoms with E-state index in [0.717, 1.165) is 5.56 Å². The average molecular weight is 181 g/mol. The molecule has 1 atom stereocenters. The summed E-state index contributed by atoms with van der Waals surface area (Å²) in [5, 5.41) is 0. The van der Waals surface area contributed by atoms with Crippen LogP contribution in [0, 0.1) is 0 Å². The molecule has 0 bridgehead atoms. The molecule has 0 N–H and O–H groups in total. The fourth-order valence-corrected chi connectivity index (χ4v) is 1.09. The van der Waals surface area contributed by atoms with Gasteiger partial charge in [-0.3, -0.25) is 0 Å². The van der Waals surface area contributed by atoms with Crippen molar-refractivity contribution in [3.8, 4) is 5.75 Å². The zero-order chi connectivity index (χ0) is 10.0. The molecular formula is C10H12O3. The Kier molecular flexibility index (Phi) is 2.13. The van der Waals surface area contributed by atoms with Crippen LogP contribution in [0.25, 0.3) is 0 Å². The molecule has 3 nitrogen and oxygen atoms in total. The Morgan fingerprint density at radius 1 is 1.69 bits per heavy atom. The molecule has 0 radical (unpaired) electrons. The van der Waals surface area contributed by atoms with Crippen molar-refractivity contribution >= 4 is 0 Å². The maximum atomic E-state index is 7.75. The molecule has 1 aliphatic rings. The number of rotatable bonds is 4. The zero-order valence-electron chi connectivity index (χ0n) is 8.45. The van der Waals surface area contributed by atoms with Gasteiger partial charge in [0.25, 0.3) is 0 Å². The van der Waals surface area contributed by atoms with E-state index in [2.05, 4.69) is 0 Å². The predicted octanol–water partition coefficient (Wildman–Crippen LogP) is 1.74. The lowest BCUT2D eigenvalue weighted by Gasteiger charge is -2.05. The van der Waals surface area contributed by atoms with Crippen molar-refractivity contribution in [1.82, 2.24) is 0 Å². The third kappa shape index (κ3) is 2.20. The first kappa shape index (κ1) is 7.35. The first-order chi connectivity index (χ1) is 6.74. The summed E-state index contributed by atoms with van der Waals surface area (Å²) in [5.74, 6) is 0.700. The standard InChI is InChI=1S/C10H12O3/c1-11-7-13-9-4-2-3-8(5-9)10-6-12-10/h2-5,10H,6-7H2,1H3/i10D. The Labute approximate surface area is 78.6 Å². The summed E-state index contributed by atoms with van der Waals surface area (Å²) in [4.78, 5) is 0. The van der Waals surface area contributed by atoms with Crippen LogP contribution in [-0.4, -0.2) is 20.5 Å². The van der Waals surface area contributed by atoms with Crippen LogP contribution in [0.4, 0.5) is 0 Å². The third-order valence-electron chi connectivity index (χ3n) is 1.79. The van der Waals surface area contributed by atoms with E-state index in [4.69, 9.17) is 15.6 Å².